The Morgan fingerprint density at radius 1 is 1.62 bits per heavy atom. The summed E-state index contributed by atoms with van der Waals surface area (Å²) in [7, 11) is 0. The van der Waals surface area contributed by atoms with Crippen molar-refractivity contribution in [3.63, 3.8) is 0 Å². The maximum atomic E-state index is 12.2. The summed E-state index contributed by atoms with van der Waals surface area (Å²) < 4.78 is 0. The van der Waals surface area contributed by atoms with Crippen LogP contribution in [0.5, 0.6) is 0 Å². The van der Waals surface area contributed by atoms with E-state index in [2.05, 4.69) is 10.4 Å². The van der Waals surface area contributed by atoms with E-state index in [4.69, 9.17) is 5.84 Å². The number of nitrogens with one attached hydrogen (secondary N) is 1. The van der Waals surface area contributed by atoms with Gasteiger partial charge in [0.1, 0.15) is 0 Å². The fourth-order valence-electron chi connectivity index (χ4n) is 1.59. The molecular weight excluding hydrogens is 204 g/mol. The number of carbonyl (C=O) groups is 1. The minimum atomic E-state index is -0.0344. The summed E-state index contributed by atoms with van der Waals surface area (Å²) >= 11 is 0. The number of pyridine rings is 1. The van der Waals surface area contributed by atoms with Crippen molar-refractivity contribution >= 4 is 11.6 Å². The maximum Gasteiger partial charge on any atom is 0.256 e. The van der Waals surface area contributed by atoms with Crippen LogP contribution in [0, 0.1) is 0 Å². The number of hydrogen-bond acceptors (Lipinski definition) is 4. The first kappa shape index (κ1) is 12.4. The first-order valence-corrected chi connectivity index (χ1v) is 5.33. The number of carbonyl (C=O) groups excluding carboxylic acids is 1. The van der Waals surface area contributed by atoms with Gasteiger partial charge in [0.25, 0.3) is 5.91 Å². The summed E-state index contributed by atoms with van der Waals surface area (Å²) in [5.41, 5.74) is 3.58. The van der Waals surface area contributed by atoms with E-state index in [1.165, 1.54) is 0 Å². The van der Waals surface area contributed by atoms with Gasteiger partial charge in [-0.25, -0.2) is 0 Å². The van der Waals surface area contributed by atoms with Crippen molar-refractivity contribution in [2.75, 3.05) is 12.0 Å². The van der Waals surface area contributed by atoms with Gasteiger partial charge >= 0.3 is 0 Å². The average molecular weight is 222 g/mol. The second-order valence-electron chi connectivity index (χ2n) is 3.75. The van der Waals surface area contributed by atoms with Gasteiger partial charge < -0.3 is 10.3 Å². The van der Waals surface area contributed by atoms with Crippen molar-refractivity contribution in [1.82, 2.24) is 9.88 Å². The van der Waals surface area contributed by atoms with Gasteiger partial charge in [0.15, 0.2) is 0 Å². The second-order valence-corrected chi connectivity index (χ2v) is 3.75. The molecule has 0 radical (unpaired) electrons. The van der Waals surface area contributed by atoms with Gasteiger partial charge in [0, 0.05) is 18.8 Å². The molecule has 0 saturated heterocycles. The van der Waals surface area contributed by atoms with Gasteiger partial charge in [-0.1, -0.05) is 0 Å². The van der Waals surface area contributed by atoms with Crippen LogP contribution in [0.2, 0.25) is 0 Å². The zero-order valence-corrected chi connectivity index (χ0v) is 9.90. The highest BCUT2D eigenvalue weighted by Gasteiger charge is 2.19. The number of nitrogen functional groups attached to an aromatic ring is 1. The molecule has 1 aromatic rings. The van der Waals surface area contributed by atoms with E-state index in [0.29, 0.717) is 17.8 Å². The van der Waals surface area contributed by atoms with E-state index >= 15 is 0 Å². The molecule has 5 nitrogen and oxygen atoms in total. The van der Waals surface area contributed by atoms with E-state index in [9.17, 15) is 4.79 Å². The van der Waals surface area contributed by atoms with E-state index in [1.54, 1.807) is 23.4 Å². The van der Waals surface area contributed by atoms with Crippen molar-refractivity contribution < 1.29 is 4.79 Å². The summed E-state index contributed by atoms with van der Waals surface area (Å²) in [6, 6.07) is 1.83. The standard InChI is InChI=1S/C11H18N4O/c1-4-15(8(2)3)11(16)9-5-6-13-7-10(9)14-12/h5-8,14H,4,12H2,1-3H3. The molecule has 0 atom stereocenters. The largest absolute Gasteiger partial charge is 0.336 e. The topological polar surface area (TPSA) is 71.2 Å². The summed E-state index contributed by atoms with van der Waals surface area (Å²) in [4.78, 5) is 17.9. The fourth-order valence-corrected chi connectivity index (χ4v) is 1.59. The van der Waals surface area contributed by atoms with Crippen molar-refractivity contribution in [2.45, 2.75) is 26.8 Å². The molecule has 88 valence electrons. The number of hydrazine groups is 1. The van der Waals surface area contributed by atoms with E-state index < -0.39 is 0 Å². The molecule has 0 aliphatic carbocycles. The van der Waals surface area contributed by atoms with Crippen LogP contribution in [0.3, 0.4) is 0 Å². The predicted octanol–water partition coefficient (Wildman–Crippen LogP) is 1.24. The predicted molar refractivity (Wildman–Crippen MR) is 63.9 cm³/mol. The van der Waals surface area contributed by atoms with Crippen LogP contribution in [0.25, 0.3) is 0 Å². The minimum Gasteiger partial charge on any atom is -0.336 e. The van der Waals surface area contributed by atoms with Crippen molar-refractivity contribution in [3.8, 4) is 0 Å². The highest BCUT2D eigenvalue weighted by molar-refractivity contribution is 5.99. The van der Waals surface area contributed by atoms with Crippen molar-refractivity contribution in [1.29, 1.82) is 0 Å². The molecule has 1 heterocycles. The maximum absolute atomic E-state index is 12.2. The van der Waals surface area contributed by atoms with Crippen LogP contribution >= 0.6 is 0 Å². The molecule has 0 aliphatic heterocycles. The van der Waals surface area contributed by atoms with E-state index in [0.717, 1.165) is 0 Å². The Balaban J connectivity index is 3.03. The Morgan fingerprint density at radius 3 is 2.81 bits per heavy atom. The number of hydrogen-bond donors (Lipinski definition) is 2. The van der Waals surface area contributed by atoms with Crippen molar-refractivity contribution in [2.24, 2.45) is 5.84 Å². The van der Waals surface area contributed by atoms with Crippen molar-refractivity contribution in [3.05, 3.63) is 24.0 Å². The third-order valence-electron chi connectivity index (χ3n) is 2.43. The number of aromatic nitrogens is 1. The molecule has 16 heavy (non-hydrogen) atoms. The number of nitrogens with zero attached hydrogens (tertiary/aromatic N) is 2. The zero-order chi connectivity index (χ0) is 12.1. The quantitative estimate of drug-likeness (QED) is 0.594. The normalized spacial score (nSPS) is 10.3. The van der Waals surface area contributed by atoms with Gasteiger partial charge in [-0.2, -0.15) is 0 Å². The van der Waals surface area contributed by atoms with Crippen LogP contribution in [-0.4, -0.2) is 28.4 Å². The lowest BCUT2D eigenvalue weighted by Crippen LogP contribution is -2.37. The van der Waals surface area contributed by atoms with Gasteiger partial charge in [0.05, 0.1) is 17.4 Å². The van der Waals surface area contributed by atoms with Crippen LogP contribution in [0.4, 0.5) is 5.69 Å². The Labute approximate surface area is 95.6 Å². The monoisotopic (exact) mass is 222 g/mol. The molecular formula is C11H18N4O. The highest BCUT2D eigenvalue weighted by Crippen LogP contribution is 2.15. The lowest BCUT2D eigenvalue weighted by molar-refractivity contribution is 0.0718. The lowest BCUT2D eigenvalue weighted by Gasteiger charge is -2.25. The summed E-state index contributed by atoms with van der Waals surface area (Å²) in [6.07, 6.45) is 3.13. The third kappa shape index (κ3) is 2.49. The number of anilines is 1. The molecule has 0 unspecified atom stereocenters. The highest BCUT2D eigenvalue weighted by atomic mass is 16.2. The van der Waals surface area contributed by atoms with Gasteiger partial charge in [-0.05, 0) is 26.8 Å². The molecule has 1 rings (SSSR count). The van der Waals surface area contributed by atoms with Crippen LogP contribution < -0.4 is 11.3 Å². The molecule has 0 spiro atoms. The zero-order valence-electron chi connectivity index (χ0n) is 9.90. The molecule has 3 N–H and O–H groups in total. The number of rotatable bonds is 4. The number of amides is 1. The van der Waals surface area contributed by atoms with E-state index in [1.807, 2.05) is 20.8 Å². The SMILES string of the molecule is CCN(C(=O)c1ccncc1NN)C(C)C. The molecule has 0 bridgehead atoms. The molecule has 1 amide bonds. The smallest absolute Gasteiger partial charge is 0.256 e. The molecule has 0 saturated carbocycles. The van der Waals surface area contributed by atoms with Crippen LogP contribution in [0.15, 0.2) is 18.5 Å². The summed E-state index contributed by atoms with van der Waals surface area (Å²) in [5, 5.41) is 0. The first-order chi connectivity index (χ1) is 7.61. The fraction of sp³-hybridized carbons (Fsp3) is 0.455. The Kier molecular flexibility index (Phi) is 4.25. The summed E-state index contributed by atoms with van der Waals surface area (Å²) in [5.74, 6) is 5.31. The number of nitrogens with two attached hydrogens (primary N) is 1. The average Bonchev–Trinajstić information content (AvgIpc) is 2.29. The van der Waals surface area contributed by atoms with Crippen LogP contribution in [0.1, 0.15) is 31.1 Å². The Hall–Kier alpha value is -1.62. The molecule has 1 aromatic heterocycles. The van der Waals surface area contributed by atoms with Gasteiger partial charge in [0.2, 0.25) is 0 Å². The first-order valence-electron chi connectivity index (χ1n) is 5.33. The second kappa shape index (κ2) is 5.46. The molecule has 0 fully saturated rings. The van der Waals surface area contributed by atoms with Crippen LogP contribution in [-0.2, 0) is 0 Å². The molecule has 0 aromatic carbocycles. The Bertz CT molecular complexity index is 365. The molecule has 5 heteroatoms. The Morgan fingerprint density at radius 2 is 2.31 bits per heavy atom. The third-order valence-corrected chi connectivity index (χ3v) is 2.43. The summed E-state index contributed by atoms with van der Waals surface area (Å²) in [6.45, 7) is 6.59. The lowest BCUT2D eigenvalue weighted by atomic mass is 10.2. The molecule has 0 aliphatic rings. The van der Waals surface area contributed by atoms with E-state index in [-0.39, 0.29) is 11.9 Å². The van der Waals surface area contributed by atoms with Gasteiger partial charge in [-0.3, -0.25) is 15.6 Å². The minimum absolute atomic E-state index is 0.0344. The van der Waals surface area contributed by atoms with Gasteiger partial charge in [-0.15, -0.1) is 0 Å².